The van der Waals surface area contributed by atoms with Gasteiger partial charge < -0.3 is 0 Å². The Hall–Kier alpha value is -10.1. The Labute approximate surface area is 523 Å². The van der Waals surface area contributed by atoms with Crippen LogP contribution in [-0.4, -0.2) is 0 Å². The van der Waals surface area contributed by atoms with Gasteiger partial charge in [0.1, 0.15) is 0 Å². The molecular formula is C78H50. The lowest BCUT2D eigenvalue weighted by molar-refractivity contribution is 1.66. The fraction of sp³-hybridized carbons (Fsp3) is 0. The molecule has 0 saturated carbocycles. The Morgan fingerprint density at radius 1 is 0.154 bits per heavy atom. The molecule has 0 unspecified atom stereocenters. The summed E-state index contributed by atoms with van der Waals surface area (Å²) in [6, 6.07) is -46.5. The van der Waals surface area contributed by atoms with Crippen LogP contribution in [0.2, 0.25) is 0 Å². The van der Waals surface area contributed by atoms with Gasteiger partial charge in [-0.3, -0.25) is 0 Å². The fourth-order valence-corrected chi connectivity index (χ4v) is 9.47. The van der Waals surface area contributed by atoms with Gasteiger partial charge in [-0.1, -0.05) is 296 Å². The second-order valence-corrected chi connectivity index (χ2v) is 16.8. The molecular weight excluding hydrogens is 937 g/mol. The first kappa shape index (κ1) is 17.4. The van der Waals surface area contributed by atoms with E-state index in [0.29, 0.717) is 0 Å². The Morgan fingerprint density at radius 3 is 0.654 bits per heavy atom. The largest absolute Gasteiger partial charge is 0.0636 e. The van der Waals surface area contributed by atoms with Crippen LogP contribution in [0, 0.1) is 0 Å². The van der Waals surface area contributed by atoms with Gasteiger partial charge in [-0.05, 0) is 159 Å². The zero-order valence-electron chi connectivity index (χ0n) is 89.0. The van der Waals surface area contributed by atoms with Gasteiger partial charge in [-0.25, -0.2) is 0 Å². The summed E-state index contributed by atoms with van der Waals surface area (Å²) in [7, 11) is 0. The van der Waals surface area contributed by atoms with Gasteiger partial charge in [0.15, 0.2) is 0 Å². The van der Waals surface area contributed by atoms with Crippen molar-refractivity contribution in [3.63, 3.8) is 0 Å². The van der Waals surface area contributed by atoms with E-state index in [1.54, 1.807) is 0 Å². The zero-order chi connectivity index (χ0) is 95.0. The lowest BCUT2D eigenvalue weighted by Crippen LogP contribution is -1.93. The van der Waals surface area contributed by atoms with Crippen LogP contribution in [0.3, 0.4) is 0 Å². The van der Waals surface area contributed by atoms with E-state index in [1.165, 1.54) is 0 Å². The average Bonchev–Trinajstić information content (AvgIpc) is 0.679. The van der Waals surface area contributed by atoms with Gasteiger partial charge in [0.2, 0.25) is 0 Å². The third-order valence-corrected chi connectivity index (χ3v) is 12.7. The van der Waals surface area contributed by atoms with Crippen molar-refractivity contribution in [2.75, 3.05) is 0 Å². The summed E-state index contributed by atoms with van der Waals surface area (Å²) < 4.78 is 446. The highest BCUT2D eigenvalue weighted by Gasteiger charge is 2.22. The van der Waals surface area contributed by atoms with Crippen molar-refractivity contribution in [2.45, 2.75) is 0 Å². The van der Waals surface area contributed by atoms with E-state index < -0.39 is 455 Å². The molecule has 0 bridgehead atoms. The van der Waals surface area contributed by atoms with E-state index >= 15 is 0 Å². The van der Waals surface area contributed by atoms with Crippen molar-refractivity contribution in [1.82, 2.24) is 0 Å². The Kier molecular flexibility index (Phi) is 4.23. The van der Waals surface area contributed by atoms with E-state index in [9.17, 15) is 17.8 Å². The third kappa shape index (κ3) is 7.45. The van der Waals surface area contributed by atoms with Gasteiger partial charge in [0, 0.05) is 0 Å². The standard InChI is InChI=1S/C44H28.C34H22/c1-4-18-33-29(12-1)15-9-23-36(33)32-26-27-41-42(28-32)44(38-25-11-17-31-14-3-6-20-35(31)38)40-22-8-7-21-39(40)43(41)37-24-10-16-30-13-2-5-19-34(30)37;1-3-15-25-23(11-1)13-9-21-27(25)33-29-17-5-7-19-31(29)34(32-20-8-6-18-30(32)33)28-22-10-14-24-12-2-4-16-26(24)28/h1-28H;1-22H/i1D,2D,3D,4D,5D,6D,7D,8D,9D,10D,11D,12D,13D,14D,15D,16D,17D,18D,19D,20D,21D,22D,23D,24D,25D,26D,27D,28D;1D,2D,3D,4D,5D,6D,7D,8D,9D,10D,11D,12D,13D,14D,15D,16D,17D,18D,19D,20D,21D,22D. The molecule has 362 valence electrons. The average molecular weight is 1040 g/mol. The molecule has 0 aliphatic rings. The lowest BCUT2D eigenvalue weighted by Gasteiger charge is -2.20. The monoisotopic (exact) mass is 1040 g/mol. The maximum absolute atomic E-state index is 10.2. The van der Waals surface area contributed by atoms with Gasteiger partial charge in [0.25, 0.3) is 0 Å². The quantitative estimate of drug-likeness (QED) is 0.151. The molecule has 0 radical (unpaired) electrons. The number of rotatable bonds is 5. The fourth-order valence-electron chi connectivity index (χ4n) is 9.47. The third-order valence-electron chi connectivity index (χ3n) is 12.7. The Balaban J connectivity index is 0.000000203. The van der Waals surface area contributed by atoms with Crippen LogP contribution in [0.4, 0.5) is 0 Å². The summed E-state index contributed by atoms with van der Waals surface area (Å²) in [5.41, 5.74) is -7.46. The van der Waals surface area contributed by atoms with Crippen molar-refractivity contribution >= 4 is 97.0 Å². The van der Waals surface area contributed by atoms with Gasteiger partial charge in [-0.15, -0.1) is 0 Å². The molecule has 0 aliphatic carbocycles. The second kappa shape index (κ2) is 18.9. The highest BCUT2D eigenvalue weighted by atomic mass is 14.2. The van der Waals surface area contributed by atoms with Crippen LogP contribution < -0.4 is 0 Å². The van der Waals surface area contributed by atoms with Crippen LogP contribution in [0.15, 0.2) is 302 Å². The van der Waals surface area contributed by atoms with Crippen LogP contribution in [-0.2, 0) is 0 Å². The number of hydrogen-bond acceptors (Lipinski definition) is 0. The topological polar surface area (TPSA) is 0 Å². The van der Waals surface area contributed by atoms with E-state index in [2.05, 4.69) is 0 Å². The zero-order valence-corrected chi connectivity index (χ0v) is 39.0. The molecule has 0 saturated heterocycles. The second-order valence-electron chi connectivity index (χ2n) is 16.8. The summed E-state index contributed by atoms with van der Waals surface area (Å²) in [6.45, 7) is 0. The Bertz CT molecular complexity index is 7760. The van der Waals surface area contributed by atoms with Crippen LogP contribution >= 0.6 is 0 Å². The van der Waals surface area contributed by atoms with Crippen LogP contribution in [0.25, 0.3) is 153 Å². The van der Waals surface area contributed by atoms with Crippen molar-refractivity contribution in [3.8, 4) is 55.6 Å². The molecule has 0 aromatic heterocycles. The number of hydrogen-bond donors (Lipinski definition) is 0. The maximum Gasteiger partial charge on any atom is 0.0636 e. The lowest BCUT2D eigenvalue weighted by atomic mass is 9.82. The summed E-state index contributed by atoms with van der Waals surface area (Å²) in [6.07, 6.45) is 0. The molecule has 0 amide bonds. The minimum absolute atomic E-state index is 0.570. The smallest absolute Gasteiger partial charge is 0.0616 e. The first-order chi connectivity index (χ1) is 59.5. The van der Waals surface area contributed by atoms with Crippen molar-refractivity contribution in [2.24, 2.45) is 0 Å². The molecule has 0 atom stereocenters. The number of fused-ring (bicyclic) bond motifs is 9. The van der Waals surface area contributed by atoms with Crippen molar-refractivity contribution < 1.29 is 68.5 Å². The maximum atomic E-state index is 10.2. The minimum atomic E-state index is -1.13. The molecule has 78 heavy (non-hydrogen) atoms. The van der Waals surface area contributed by atoms with Crippen molar-refractivity contribution in [1.29, 1.82) is 0 Å². The first-order valence-corrected chi connectivity index (χ1v) is 23.0. The molecule has 0 fully saturated rings. The highest BCUT2D eigenvalue weighted by molar-refractivity contribution is 6.27. The minimum Gasteiger partial charge on any atom is -0.0616 e. The van der Waals surface area contributed by atoms with Crippen LogP contribution in [0.5, 0.6) is 0 Å². The van der Waals surface area contributed by atoms with Gasteiger partial charge >= 0.3 is 0 Å². The summed E-state index contributed by atoms with van der Waals surface area (Å²) in [5.74, 6) is 0. The van der Waals surface area contributed by atoms with E-state index in [4.69, 9.17) is 50.7 Å². The van der Waals surface area contributed by atoms with Crippen LogP contribution in [0.1, 0.15) is 68.5 Å². The Morgan fingerprint density at radius 2 is 0.359 bits per heavy atom. The van der Waals surface area contributed by atoms with E-state index in [1.807, 2.05) is 0 Å². The molecule has 0 aliphatic heterocycles. The molecule has 0 nitrogen and oxygen atoms in total. The molecule has 0 N–H and O–H groups in total. The number of benzene rings is 16. The predicted molar refractivity (Wildman–Crippen MR) is 338 cm³/mol. The molecule has 0 spiro atoms. The first-order valence-electron chi connectivity index (χ1n) is 48.0. The van der Waals surface area contributed by atoms with Gasteiger partial charge in [0.05, 0.1) is 68.5 Å². The van der Waals surface area contributed by atoms with Gasteiger partial charge in [-0.2, -0.15) is 0 Å². The summed E-state index contributed by atoms with van der Waals surface area (Å²) in [5, 5.41) is -12.3. The summed E-state index contributed by atoms with van der Waals surface area (Å²) in [4.78, 5) is 0. The molecule has 16 aromatic rings. The molecule has 0 heteroatoms. The molecule has 16 aromatic carbocycles. The van der Waals surface area contributed by atoms with Crippen molar-refractivity contribution in [3.05, 3.63) is 302 Å². The highest BCUT2D eigenvalue weighted by Crippen LogP contribution is 2.49. The van der Waals surface area contributed by atoms with E-state index in [0.717, 1.165) is 0 Å². The molecule has 16 rings (SSSR count). The summed E-state index contributed by atoms with van der Waals surface area (Å²) >= 11 is 0. The predicted octanol–water partition coefficient (Wildman–Crippen LogP) is 22.1. The van der Waals surface area contributed by atoms with E-state index in [-0.39, 0.29) is 0 Å². The SMILES string of the molecule is [2H]c1c([2H])c([2H])c2c(-c3c([2H])c([2H])c4c(-c5c([2H])c([2H])c([2H])c6c([2H])c([2H])c([2H])c([2H])c56)c5c([2H])c([2H])c([2H])c([2H])c5c(-c5c([2H])c([2H])c([2H])c6c([2H])c([2H])c([2H])c([2H])c56)c4c3[2H])c([2H])c([2H])c([2H])c2c1[2H].[2H]c1c([2H])c([2H])c2c(-c3c4c([2H])c([2H])c([2H])c([2H])c4c(-c4c([2H])c([2H])c([2H])c5c([2H])c([2H])c([2H])c([2H])c45)c4c([2H])c([2H])c([2H])c([2H])c34)c([2H])c([2H])c([2H])c2c1[2H]. The molecule has 0 heterocycles. The normalized spacial score (nSPS) is 20.6.